The summed E-state index contributed by atoms with van der Waals surface area (Å²) in [6.07, 6.45) is 3.16. The van der Waals surface area contributed by atoms with Crippen LogP contribution in [0.4, 0.5) is 5.00 Å². The third kappa shape index (κ3) is 3.69. The Labute approximate surface area is 135 Å². The first kappa shape index (κ1) is 16.6. The number of fused-ring (bicyclic) bond motifs is 1. The fourth-order valence-corrected chi connectivity index (χ4v) is 4.37. The Hall–Kier alpha value is -1.80. The largest absolute Gasteiger partial charge is 0.481 e. The molecule has 2 rings (SSSR count). The number of anilines is 1. The highest BCUT2D eigenvalue weighted by Crippen LogP contribution is 2.41. The number of rotatable bonds is 6. The maximum Gasteiger partial charge on any atom is 0.305 e. The highest BCUT2D eigenvalue weighted by Gasteiger charge is 2.26. The molecular weight excluding hydrogens is 296 g/mol. The van der Waals surface area contributed by atoms with Gasteiger partial charge in [-0.25, -0.2) is 0 Å². The first-order chi connectivity index (χ1) is 10.4. The number of hydrogen-bond donors (Lipinski definition) is 1. The van der Waals surface area contributed by atoms with Gasteiger partial charge in [0.2, 0.25) is 0 Å². The first-order valence-electron chi connectivity index (χ1n) is 7.58. The SMILES string of the molecule is C=C(C)CN(CCC(=O)O)c1sc2c(c1C#N)CCC(C)C2. The zero-order valence-corrected chi connectivity index (χ0v) is 14.0. The van der Waals surface area contributed by atoms with Crippen LogP contribution in [0.1, 0.15) is 42.7 Å². The molecule has 22 heavy (non-hydrogen) atoms. The van der Waals surface area contributed by atoms with Crippen molar-refractivity contribution in [1.82, 2.24) is 0 Å². The molecule has 1 aliphatic rings. The quantitative estimate of drug-likeness (QED) is 0.814. The lowest BCUT2D eigenvalue weighted by Crippen LogP contribution is -2.27. The maximum absolute atomic E-state index is 10.9. The van der Waals surface area contributed by atoms with Gasteiger partial charge in [-0.3, -0.25) is 4.79 Å². The molecule has 0 aromatic carbocycles. The van der Waals surface area contributed by atoms with Gasteiger partial charge in [0.05, 0.1) is 12.0 Å². The summed E-state index contributed by atoms with van der Waals surface area (Å²) < 4.78 is 0. The van der Waals surface area contributed by atoms with E-state index >= 15 is 0 Å². The Morgan fingerprint density at radius 2 is 2.32 bits per heavy atom. The number of nitriles is 1. The van der Waals surface area contributed by atoms with Gasteiger partial charge in [-0.05, 0) is 37.7 Å². The second-order valence-electron chi connectivity index (χ2n) is 6.17. The van der Waals surface area contributed by atoms with Crippen molar-refractivity contribution in [1.29, 1.82) is 5.26 Å². The molecule has 0 aliphatic heterocycles. The molecule has 5 heteroatoms. The van der Waals surface area contributed by atoms with E-state index in [9.17, 15) is 10.1 Å². The fourth-order valence-electron chi connectivity index (χ4n) is 2.88. The van der Waals surface area contributed by atoms with Gasteiger partial charge in [0, 0.05) is 18.0 Å². The van der Waals surface area contributed by atoms with Crippen LogP contribution in [-0.2, 0) is 17.6 Å². The molecule has 0 saturated heterocycles. The molecule has 0 amide bonds. The minimum absolute atomic E-state index is 0.0666. The lowest BCUT2D eigenvalue weighted by Gasteiger charge is -2.23. The molecule has 1 heterocycles. The topological polar surface area (TPSA) is 64.3 Å². The van der Waals surface area contributed by atoms with E-state index < -0.39 is 5.97 Å². The summed E-state index contributed by atoms with van der Waals surface area (Å²) in [7, 11) is 0. The van der Waals surface area contributed by atoms with E-state index in [0.717, 1.165) is 35.4 Å². The van der Waals surface area contributed by atoms with Crippen molar-refractivity contribution in [3.8, 4) is 6.07 Å². The van der Waals surface area contributed by atoms with Gasteiger partial charge in [-0.1, -0.05) is 19.1 Å². The lowest BCUT2D eigenvalue weighted by molar-refractivity contribution is -0.136. The second-order valence-corrected chi connectivity index (χ2v) is 7.25. The van der Waals surface area contributed by atoms with Crippen molar-refractivity contribution in [2.75, 3.05) is 18.0 Å². The van der Waals surface area contributed by atoms with Crippen molar-refractivity contribution in [2.24, 2.45) is 5.92 Å². The molecule has 1 unspecified atom stereocenters. The number of carboxylic acids is 1. The molecule has 1 atom stereocenters. The third-order valence-corrected chi connectivity index (χ3v) is 5.26. The van der Waals surface area contributed by atoms with E-state index in [0.29, 0.717) is 19.0 Å². The van der Waals surface area contributed by atoms with Gasteiger partial charge in [0.25, 0.3) is 0 Å². The molecule has 118 valence electrons. The van der Waals surface area contributed by atoms with Crippen LogP contribution in [0.3, 0.4) is 0 Å². The Bertz CT molecular complexity index is 627. The zero-order valence-electron chi connectivity index (χ0n) is 13.2. The number of hydrogen-bond acceptors (Lipinski definition) is 4. The van der Waals surface area contributed by atoms with E-state index in [2.05, 4.69) is 19.6 Å². The predicted octanol–water partition coefficient (Wildman–Crippen LogP) is 3.60. The van der Waals surface area contributed by atoms with E-state index in [-0.39, 0.29) is 6.42 Å². The summed E-state index contributed by atoms with van der Waals surface area (Å²) in [6, 6.07) is 2.35. The van der Waals surface area contributed by atoms with E-state index in [1.165, 1.54) is 10.4 Å². The molecule has 4 nitrogen and oxygen atoms in total. The van der Waals surface area contributed by atoms with Gasteiger partial charge < -0.3 is 10.0 Å². The standard InChI is InChI=1S/C17H22N2O2S/c1-11(2)10-19(7-6-16(20)21)17-14(9-18)13-5-4-12(3)8-15(13)22-17/h12H,1,4-8,10H2,2-3H3,(H,20,21). The Morgan fingerprint density at radius 3 is 2.91 bits per heavy atom. The Kier molecular flexibility index (Phi) is 5.25. The molecule has 0 fully saturated rings. The van der Waals surface area contributed by atoms with Gasteiger partial charge >= 0.3 is 5.97 Å². The van der Waals surface area contributed by atoms with E-state index in [1.54, 1.807) is 11.3 Å². The van der Waals surface area contributed by atoms with Crippen LogP contribution in [0.2, 0.25) is 0 Å². The van der Waals surface area contributed by atoms with Crippen LogP contribution in [-0.4, -0.2) is 24.2 Å². The molecule has 0 saturated carbocycles. The van der Waals surface area contributed by atoms with Crippen LogP contribution >= 0.6 is 11.3 Å². The van der Waals surface area contributed by atoms with Crippen LogP contribution < -0.4 is 4.90 Å². The fraction of sp³-hybridized carbons (Fsp3) is 0.529. The van der Waals surface area contributed by atoms with Gasteiger partial charge in [0.15, 0.2) is 0 Å². The third-order valence-electron chi connectivity index (χ3n) is 3.95. The van der Waals surface area contributed by atoms with Crippen molar-refractivity contribution in [3.63, 3.8) is 0 Å². The highest BCUT2D eigenvalue weighted by molar-refractivity contribution is 7.16. The van der Waals surface area contributed by atoms with Crippen LogP contribution in [0.15, 0.2) is 12.2 Å². The Balaban J connectivity index is 2.36. The number of aliphatic carboxylic acids is 1. The summed E-state index contributed by atoms with van der Waals surface area (Å²) in [5.74, 6) is -0.167. The molecule has 0 radical (unpaired) electrons. The van der Waals surface area contributed by atoms with Gasteiger partial charge in [0.1, 0.15) is 11.1 Å². The number of carboxylic acid groups (broad SMARTS) is 1. The lowest BCUT2D eigenvalue weighted by atomic mass is 9.88. The van der Waals surface area contributed by atoms with Crippen LogP contribution in [0.25, 0.3) is 0 Å². The minimum atomic E-state index is -0.819. The average molecular weight is 318 g/mol. The molecule has 1 aliphatic carbocycles. The molecule has 1 N–H and O–H groups in total. The molecule has 1 aromatic rings. The highest BCUT2D eigenvalue weighted by atomic mass is 32.1. The molecule has 1 aromatic heterocycles. The average Bonchev–Trinajstić information content (AvgIpc) is 2.80. The summed E-state index contributed by atoms with van der Waals surface area (Å²) in [6.45, 7) is 9.10. The predicted molar refractivity (Wildman–Crippen MR) is 89.5 cm³/mol. The monoisotopic (exact) mass is 318 g/mol. The number of nitrogens with zero attached hydrogens (tertiary/aromatic N) is 2. The van der Waals surface area contributed by atoms with Gasteiger partial charge in [-0.2, -0.15) is 5.26 Å². The summed E-state index contributed by atoms with van der Waals surface area (Å²) in [5, 5.41) is 19.5. The van der Waals surface area contributed by atoms with Crippen molar-refractivity contribution in [3.05, 3.63) is 28.2 Å². The molecule has 0 bridgehead atoms. The van der Waals surface area contributed by atoms with Crippen LogP contribution in [0.5, 0.6) is 0 Å². The first-order valence-corrected chi connectivity index (χ1v) is 8.39. The summed E-state index contributed by atoms with van der Waals surface area (Å²) >= 11 is 1.66. The molecular formula is C17H22N2O2S. The van der Waals surface area contributed by atoms with Crippen molar-refractivity contribution in [2.45, 2.75) is 39.5 Å². The normalized spacial score (nSPS) is 16.7. The molecule has 0 spiro atoms. The number of carbonyl (C=O) groups is 1. The van der Waals surface area contributed by atoms with E-state index in [1.807, 2.05) is 11.8 Å². The zero-order chi connectivity index (χ0) is 16.3. The van der Waals surface area contributed by atoms with Crippen molar-refractivity contribution < 1.29 is 9.90 Å². The summed E-state index contributed by atoms with van der Waals surface area (Å²) in [4.78, 5) is 14.2. The smallest absolute Gasteiger partial charge is 0.305 e. The maximum atomic E-state index is 10.9. The summed E-state index contributed by atoms with van der Waals surface area (Å²) in [5.41, 5.74) is 2.90. The van der Waals surface area contributed by atoms with Gasteiger partial charge in [-0.15, -0.1) is 11.3 Å². The number of thiophene rings is 1. The second kappa shape index (κ2) is 6.97. The van der Waals surface area contributed by atoms with Crippen LogP contribution in [0, 0.1) is 17.2 Å². The minimum Gasteiger partial charge on any atom is -0.481 e. The van der Waals surface area contributed by atoms with Crippen molar-refractivity contribution >= 4 is 22.3 Å². The van der Waals surface area contributed by atoms with E-state index in [4.69, 9.17) is 5.11 Å². The Morgan fingerprint density at radius 1 is 1.59 bits per heavy atom.